The molecule has 0 bridgehead atoms. The molecule has 3 aromatic carbocycles. The largest absolute Gasteiger partial charge is 0.493 e. The summed E-state index contributed by atoms with van der Waals surface area (Å²) in [5, 5.41) is 7.28. The quantitative estimate of drug-likeness (QED) is 0.304. The fourth-order valence-electron chi connectivity index (χ4n) is 2.86. The number of hydrogen-bond donors (Lipinski definition) is 1. The van der Waals surface area contributed by atoms with Gasteiger partial charge in [0.2, 0.25) is 0 Å². The second-order valence-electron chi connectivity index (χ2n) is 6.81. The Morgan fingerprint density at radius 1 is 1.00 bits per heavy atom. The third-order valence-corrected chi connectivity index (χ3v) is 4.68. The number of nitrogens with one attached hydrogen (secondary N) is 1. The van der Waals surface area contributed by atoms with E-state index < -0.39 is 0 Å². The molecule has 0 aliphatic heterocycles. The van der Waals surface area contributed by atoms with Gasteiger partial charge in [0.25, 0.3) is 5.91 Å². The van der Waals surface area contributed by atoms with Crippen molar-refractivity contribution < 1.29 is 23.8 Å². The van der Waals surface area contributed by atoms with Crippen LogP contribution in [0.15, 0.2) is 71.9 Å². The molecule has 0 saturated heterocycles. The van der Waals surface area contributed by atoms with Gasteiger partial charge < -0.3 is 24.4 Å². The Morgan fingerprint density at radius 2 is 1.79 bits per heavy atom. The zero-order chi connectivity index (χ0) is 23.5. The van der Waals surface area contributed by atoms with E-state index in [0.717, 1.165) is 11.1 Å². The minimum absolute atomic E-state index is 0.240. The van der Waals surface area contributed by atoms with Crippen molar-refractivity contribution in [3.05, 3.63) is 82.9 Å². The first-order valence-electron chi connectivity index (χ1n) is 10.3. The van der Waals surface area contributed by atoms with Crippen molar-refractivity contribution in [1.82, 2.24) is 0 Å². The molecule has 0 aliphatic rings. The maximum atomic E-state index is 12.1. The van der Waals surface area contributed by atoms with Gasteiger partial charge in [-0.2, -0.15) is 0 Å². The summed E-state index contributed by atoms with van der Waals surface area (Å²) in [7, 11) is 1.56. The summed E-state index contributed by atoms with van der Waals surface area (Å²) in [4.78, 5) is 17.2. The van der Waals surface area contributed by atoms with Crippen LogP contribution in [0, 0.1) is 0 Å². The maximum Gasteiger partial charge on any atom is 0.265 e. The standard InChI is InChI=1S/C25H25ClN2O5/c1-3-31-22-7-5-4-6-21(22)28-25(29)17-33-27-15-19-10-13-23(24(14-19)30-2)32-16-18-8-11-20(26)12-9-18/h4-15H,3,16-17H2,1-2H3,(H,28,29)/b27-15+. The smallest absolute Gasteiger partial charge is 0.265 e. The van der Waals surface area contributed by atoms with Crippen LogP contribution in [-0.2, 0) is 16.2 Å². The van der Waals surface area contributed by atoms with Crippen LogP contribution in [0.25, 0.3) is 0 Å². The fraction of sp³-hybridized carbons (Fsp3) is 0.200. The highest BCUT2D eigenvalue weighted by atomic mass is 35.5. The molecule has 1 amide bonds. The Labute approximate surface area is 197 Å². The molecule has 0 saturated carbocycles. The highest BCUT2D eigenvalue weighted by molar-refractivity contribution is 6.30. The Kier molecular flexibility index (Phi) is 8.97. The van der Waals surface area contributed by atoms with Crippen molar-refractivity contribution >= 4 is 29.4 Å². The van der Waals surface area contributed by atoms with Crippen molar-refractivity contribution in [1.29, 1.82) is 0 Å². The molecule has 0 aromatic heterocycles. The van der Waals surface area contributed by atoms with E-state index in [4.69, 9.17) is 30.6 Å². The first-order chi connectivity index (χ1) is 16.1. The molecule has 3 aromatic rings. The molecule has 172 valence electrons. The molecule has 0 radical (unpaired) electrons. The van der Waals surface area contributed by atoms with Gasteiger partial charge in [0.1, 0.15) is 12.4 Å². The summed E-state index contributed by atoms with van der Waals surface area (Å²) in [6, 6.07) is 20.0. The van der Waals surface area contributed by atoms with Crippen LogP contribution in [0.4, 0.5) is 5.69 Å². The van der Waals surface area contributed by atoms with Gasteiger partial charge in [-0.05, 0) is 55.0 Å². The minimum Gasteiger partial charge on any atom is -0.493 e. The van der Waals surface area contributed by atoms with E-state index >= 15 is 0 Å². The lowest BCUT2D eigenvalue weighted by atomic mass is 10.2. The number of nitrogens with zero attached hydrogens (tertiary/aromatic N) is 1. The lowest BCUT2D eigenvalue weighted by molar-refractivity contribution is -0.120. The number of methoxy groups -OCH3 is 1. The average molecular weight is 469 g/mol. The molecular weight excluding hydrogens is 444 g/mol. The molecule has 7 nitrogen and oxygen atoms in total. The van der Waals surface area contributed by atoms with E-state index in [-0.39, 0.29) is 12.5 Å². The molecule has 8 heteroatoms. The molecule has 0 atom stereocenters. The highest BCUT2D eigenvalue weighted by Gasteiger charge is 2.08. The number of ether oxygens (including phenoxy) is 3. The number of para-hydroxylation sites is 2. The second-order valence-corrected chi connectivity index (χ2v) is 7.25. The van der Waals surface area contributed by atoms with E-state index in [2.05, 4.69) is 10.5 Å². The van der Waals surface area contributed by atoms with Crippen LogP contribution in [-0.4, -0.2) is 32.4 Å². The maximum absolute atomic E-state index is 12.1. The molecule has 0 spiro atoms. The Balaban J connectivity index is 1.51. The Morgan fingerprint density at radius 3 is 2.55 bits per heavy atom. The van der Waals surface area contributed by atoms with Crippen molar-refractivity contribution in [3.8, 4) is 17.2 Å². The molecule has 0 aliphatic carbocycles. The topological polar surface area (TPSA) is 78.4 Å². The van der Waals surface area contributed by atoms with E-state index in [1.807, 2.05) is 49.4 Å². The van der Waals surface area contributed by atoms with Gasteiger partial charge in [0.05, 0.1) is 25.6 Å². The summed E-state index contributed by atoms with van der Waals surface area (Å²) in [6.07, 6.45) is 1.49. The van der Waals surface area contributed by atoms with E-state index in [1.54, 1.807) is 31.4 Å². The minimum atomic E-state index is -0.345. The summed E-state index contributed by atoms with van der Waals surface area (Å²) in [5.74, 6) is 1.40. The lowest BCUT2D eigenvalue weighted by Crippen LogP contribution is -2.17. The van der Waals surface area contributed by atoms with Gasteiger partial charge >= 0.3 is 0 Å². The zero-order valence-corrected chi connectivity index (χ0v) is 19.2. The number of anilines is 1. The molecule has 3 rings (SSSR count). The van der Waals surface area contributed by atoms with Gasteiger partial charge in [-0.25, -0.2) is 0 Å². The number of benzene rings is 3. The summed E-state index contributed by atoms with van der Waals surface area (Å²) in [5.41, 5.74) is 2.30. The predicted octanol–water partition coefficient (Wildman–Crippen LogP) is 5.32. The zero-order valence-electron chi connectivity index (χ0n) is 18.4. The van der Waals surface area contributed by atoms with Gasteiger partial charge in [0.15, 0.2) is 18.1 Å². The van der Waals surface area contributed by atoms with Crippen molar-refractivity contribution in [3.63, 3.8) is 0 Å². The third kappa shape index (κ3) is 7.43. The number of carbonyl (C=O) groups is 1. The number of amides is 1. The van der Waals surface area contributed by atoms with Gasteiger partial charge in [-0.1, -0.05) is 41.0 Å². The average Bonchev–Trinajstić information content (AvgIpc) is 2.83. The summed E-state index contributed by atoms with van der Waals surface area (Å²) in [6.45, 7) is 2.52. The van der Waals surface area contributed by atoms with E-state index in [9.17, 15) is 4.79 Å². The summed E-state index contributed by atoms with van der Waals surface area (Å²) >= 11 is 5.91. The molecule has 33 heavy (non-hydrogen) atoms. The van der Waals surface area contributed by atoms with Crippen LogP contribution in [0.1, 0.15) is 18.1 Å². The number of halogens is 1. The van der Waals surface area contributed by atoms with Crippen molar-refractivity contribution in [2.75, 3.05) is 25.6 Å². The molecular formula is C25H25ClN2O5. The summed E-state index contributed by atoms with van der Waals surface area (Å²) < 4.78 is 16.7. The Bertz CT molecular complexity index is 1090. The molecule has 1 N–H and O–H groups in total. The fourth-order valence-corrected chi connectivity index (χ4v) is 2.98. The number of oxime groups is 1. The van der Waals surface area contributed by atoms with Crippen LogP contribution >= 0.6 is 11.6 Å². The normalized spacial score (nSPS) is 10.6. The van der Waals surface area contributed by atoms with Gasteiger partial charge in [-0.3, -0.25) is 4.79 Å². The van der Waals surface area contributed by atoms with Crippen LogP contribution < -0.4 is 19.5 Å². The SMILES string of the molecule is CCOc1ccccc1NC(=O)CO/N=C/c1ccc(OCc2ccc(Cl)cc2)c(OC)c1. The first kappa shape index (κ1) is 23.9. The van der Waals surface area contributed by atoms with E-state index in [0.29, 0.717) is 41.2 Å². The van der Waals surface area contributed by atoms with E-state index in [1.165, 1.54) is 6.21 Å². The van der Waals surface area contributed by atoms with Crippen molar-refractivity contribution in [2.45, 2.75) is 13.5 Å². The predicted molar refractivity (Wildman–Crippen MR) is 129 cm³/mol. The second kappa shape index (κ2) is 12.4. The Hall–Kier alpha value is -3.71. The highest BCUT2D eigenvalue weighted by Crippen LogP contribution is 2.28. The van der Waals surface area contributed by atoms with Crippen LogP contribution in [0.5, 0.6) is 17.2 Å². The first-order valence-corrected chi connectivity index (χ1v) is 10.7. The van der Waals surface area contributed by atoms with Gasteiger partial charge in [0, 0.05) is 10.6 Å². The molecule has 0 fully saturated rings. The number of carbonyl (C=O) groups excluding carboxylic acids is 1. The molecule has 0 unspecified atom stereocenters. The van der Waals surface area contributed by atoms with Gasteiger partial charge in [-0.15, -0.1) is 0 Å². The van der Waals surface area contributed by atoms with Crippen LogP contribution in [0.3, 0.4) is 0 Å². The van der Waals surface area contributed by atoms with Crippen molar-refractivity contribution in [2.24, 2.45) is 5.16 Å². The van der Waals surface area contributed by atoms with Crippen LogP contribution in [0.2, 0.25) is 5.02 Å². The number of hydrogen-bond acceptors (Lipinski definition) is 6. The monoisotopic (exact) mass is 468 g/mol. The lowest BCUT2D eigenvalue weighted by Gasteiger charge is -2.11. The number of rotatable bonds is 11. The third-order valence-electron chi connectivity index (χ3n) is 4.43. The molecule has 0 heterocycles.